The van der Waals surface area contributed by atoms with Gasteiger partial charge in [-0.15, -0.1) is 0 Å². The van der Waals surface area contributed by atoms with Gasteiger partial charge in [0.05, 0.1) is 16.3 Å². The quantitative estimate of drug-likeness (QED) is 0.559. The van der Waals surface area contributed by atoms with Gasteiger partial charge in [-0.05, 0) is 30.7 Å². The molecule has 0 aromatic heterocycles. The van der Waals surface area contributed by atoms with Gasteiger partial charge in [0, 0.05) is 29.7 Å². The summed E-state index contributed by atoms with van der Waals surface area (Å²) in [4.78, 5) is -0.371. The third kappa shape index (κ3) is 5.39. The molecular formula is C17H17BrCl2N2O6S2. The lowest BCUT2D eigenvalue weighted by molar-refractivity contribution is 0.434. The van der Waals surface area contributed by atoms with Crippen LogP contribution in [0.5, 0.6) is 17.2 Å². The van der Waals surface area contributed by atoms with E-state index < -0.39 is 31.8 Å². The zero-order chi connectivity index (χ0) is 22.3. The summed E-state index contributed by atoms with van der Waals surface area (Å²) in [6.07, 6.45) is 1.32. The molecule has 1 heterocycles. The Kier molecular flexibility index (Phi) is 6.93. The molecule has 8 nitrogen and oxygen atoms in total. The van der Waals surface area contributed by atoms with Crippen LogP contribution in [0.4, 0.5) is 0 Å². The van der Waals surface area contributed by atoms with Gasteiger partial charge >= 0.3 is 0 Å². The van der Waals surface area contributed by atoms with Crippen molar-refractivity contribution in [2.75, 3.05) is 19.3 Å². The van der Waals surface area contributed by atoms with Gasteiger partial charge in [-0.3, -0.25) is 0 Å². The maximum Gasteiger partial charge on any atom is 0.246 e. The number of halogens is 3. The molecule has 1 aliphatic heterocycles. The first-order chi connectivity index (χ1) is 13.9. The van der Waals surface area contributed by atoms with E-state index in [1.165, 1.54) is 12.1 Å². The number of phenols is 1. The van der Waals surface area contributed by atoms with Crippen LogP contribution in [-0.4, -0.2) is 51.6 Å². The molecule has 0 spiro atoms. The van der Waals surface area contributed by atoms with E-state index in [1.807, 2.05) is 0 Å². The molecule has 0 bridgehead atoms. The fourth-order valence-corrected chi connectivity index (χ4v) is 6.67. The topological polar surface area (TPSA) is 113 Å². The zero-order valence-electron chi connectivity index (χ0n) is 15.5. The number of hydrogen-bond donors (Lipinski definition) is 2. The molecule has 2 aromatic carbocycles. The molecule has 0 saturated carbocycles. The zero-order valence-corrected chi connectivity index (χ0v) is 20.2. The summed E-state index contributed by atoms with van der Waals surface area (Å²) in [5, 5.41) is 10.6. The van der Waals surface area contributed by atoms with E-state index in [1.54, 1.807) is 12.1 Å². The number of nitrogens with one attached hydrogen (secondary N) is 1. The van der Waals surface area contributed by atoms with Crippen LogP contribution in [0.15, 0.2) is 39.7 Å². The van der Waals surface area contributed by atoms with Crippen LogP contribution >= 0.6 is 39.1 Å². The van der Waals surface area contributed by atoms with E-state index in [0.29, 0.717) is 10.9 Å². The number of benzene rings is 2. The number of aromatic hydroxyl groups is 1. The lowest BCUT2D eigenvalue weighted by atomic mass is 10.3. The van der Waals surface area contributed by atoms with Crippen molar-refractivity contribution in [3.63, 3.8) is 0 Å². The van der Waals surface area contributed by atoms with Crippen molar-refractivity contribution in [3.05, 3.63) is 44.8 Å². The normalized spacial score (nSPS) is 17.9. The maximum absolute atomic E-state index is 13.0. The molecule has 0 unspecified atom stereocenters. The summed E-state index contributed by atoms with van der Waals surface area (Å²) in [6, 6.07) is 6.32. The van der Waals surface area contributed by atoms with Crippen molar-refractivity contribution >= 4 is 59.2 Å². The van der Waals surface area contributed by atoms with Crippen molar-refractivity contribution < 1.29 is 26.7 Å². The smallest absolute Gasteiger partial charge is 0.246 e. The molecule has 13 heteroatoms. The molecule has 2 aromatic rings. The highest BCUT2D eigenvalue weighted by atomic mass is 79.9. The summed E-state index contributed by atoms with van der Waals surface area (Å²) in [5.74, 6) is -0.230. The number of sulfonamides is 2. The Morgan fingerprint density at radius 1 is 1.17 bits per heavy atom. The van der Waals surface area contributed by atoms with Crippen molar-refractivity contribution in [1.29, 1.82) is 0 Å². The fraction of sp³-hybridized carbons (Fsp3) is 0.294. The van der Waals surface area contributed by atoms with E-state index in [9.17, 15) is 21.9 Å². The third-order valence-electron chi connectivity index (χ3n) is 4.26. The summed E-state index contributed by atoms with van der Waals surface area (Å²) in [5.41, 5.74) is 0. The van der Waals surface area contributed by atoms with Gasteiger partial charge in [0.1, 0.15) is 16.4 Å². The van der Waals surface area contributed by atoms with Crippen molar-refractivity contribution in [2.24, 2.45) is 0 Å². The standard InChI is InChI=1S/C17H17BrCl2N2O6S2/c1-29(24,25)21-11-4-5-22(9-11)30(26,27)16-8-12(2-3-15(16)23)28-17-13(19)6-10(18)7-14(17)20/h2-3,6-8,11,21,23H,4-5,9H2,1H3/t11-/m1/s1. The molecule has 0 aliphatic carbocycles. The Morgan fingerprint density at radius 3 is 2.40 bits per heavy atom. The van der Waals surface area contributed by atoms with Crippen LogP contribution < -0.4 is 9.46 Å². The van der Waals surface area contributed by atoms with Crippen LogP contribution in [0.1, 0.15) is 6.42 Å². The van der Waals surface area contributed by atoms with E-state index >= 15 is 0 Å². The highest BCUT2D eigenvalue weighted by Crippen LogP contribution is 2.40. The Labute approximate surface area is 193 Å². The van der Waals surface area contributed by atoms with Gasteiger partial charge in [0.15, 0.2) is 5.75 Å². The minimum atomic E-state index is -4.10. The van der Waals surface area contributed by atoms with Crippen molar-refractivity contribution in [1.82, 2.24) is 9.03 Å². The van der Waals surface area contributed by atoms with Crippen molar-refractivity contribution in [3.8, 4) is 17.2 Å². The number of rotatable bonds is 6. The van der Waals surface area contributed by atoms with Gasteiger partial charge in [-0.1, -0.05) is 39.1 Å². The van der Waals surface area contributed by atoms with Gasteiger partial charge in [0.2, 0.25) is 20.0 Å². The molecule has 3 rings (SSSR count). The van der Waals surface area contributed by atoms with E-state index in [0.717, 1.165) is 16.6 Å². The van der Waals surface area contributed by atoms with Gasteiger partial charge in [0.25, 0.3) is 0 Å². The second-order valence-corrected chi connectivity index (χ2v) is 12.1. The molecule has 1 saturated heterocycles. The van der Waals surface area contributed by atoms with Crippen LogP contribution in [0.25, 0.3) is 0 Å². The molecule has 1 aliphatic rings. The first-order valence-electron chi connectivity index (χ1n) is 8.49. The first kappa shape index (κ1) is 23.6. The largest absolute Gasteiger partial charge is 0.507 e. The van der Waals surface area contributed by atoms with E-state index in [4.69, 9.17) is 27.9 Å². The number of hydrogen-bond acceptors (Lipinski definition) is 6. The minimum Gasteiger partial charge on any atom is -0.507 e. The predicted molar refractivity (Wildman–Crippen MR) is 117 cm³/mol. The number of phenolic OH excluding ortho intramolecular Hbond substituents is 1. The summed E-state index contributed by atoms with van der Waals surface area (Å²) >= 11 is 15.5. The average Bonchev–Trinajstić information content (AvgIpc) is 3.06. The summed E-state index contributed by atoms with van der Waals surface area (Å²) < 4.78 is 58.7. The number of nitrogens with zero attached hydrogens (tertiary/aromatic N) is 1. The van der Waals surface area contributed by atoms with E-state index in [2.05, 4.69) is 20.7 Å². The summed E-state index contributed by atoms with van der Waals surface area (Å²) in [6.45, 7) is 0.0503. The molecule has 0 radical (unpaired) electrons. The Hall–Kier alpha value is -1.08. The molecule has 0 amide bonds. The maximum atomic E-state index is 13.0. The monoisotopic (exact) mass is 558 g/mol. The molecule has 2 N–H and O–H groups in total. The van der Waals surface area contributed by atoms with Gasteiger partial charge < -0.3 is 9.84 Å². The Balaban J connectivity index is 1.88. The lowest BCUT2D eigenvalue weighted by Crippen LogP contribution is -2.37. The van der Waals surface area contributed by atoms with E-state index in [-0.39, 0.29) is 39.5 Å². The van der Waals surface area contributed by atoms with Crippen LogP contribution in [0, 0.1) is 0 Å². The highest BCUT2D eigenvalue weighted by molar-refractivity contribution is 9.10. The van der Waals surface area contributed by atoms with Crippen LogP contribution in [0.3, 0.4) is 0 Å². The highest BCUT2D eigenvalue weighted by Gasteiger charge is 2.35. The minimum absolute atomic E-state index is 0.0513. The number of ether oxygens (including phenoxy) is 1. The molecule has 164 valence electrons. The Bertz CT molecular complexity index is 1170. The van der Waals surface area contributed by atoms with Crippen LogP contribution in [0.2, 0.25) is 10.0 Å². The second-order valence-electron chi connectivity index (χ2n) is 6.67. The van der Waals surface area contributed by atoms with Crippen molar-refractivity contribution in [2.45, 2.75) is 17.4 Å². The second kappa shape index (κ2) is 8.81. The third-order valence-corrected chi connectivity index (χ3v) is 7.94. The summed E-state index contributed by atoms with van der Waals surface area (Å²) in [7, 11) is -7.58. The first-order valence-corrected chi connectivity index (χ1v) is 13.4. The fourth-order valence-electron chi connectivity index (χ4n) is 2.99. The Morgan fingerprint density at radius 2 is 1.80 bits per heavy atom. The lowest BCUT2D eigenvalue weighted by Gasteiger charge is -2.18. The molecule has 1 fully saturated rings. The average molecular weight is 560 g/mol. The predicted octanol–water partition coefficient (Wildman–Crippen LogP) is 3.57. The molecular weight excluding hydrogens is 543 g/mol. The molecule has 1 atom stereocenters. The van der Waals surface area contributed by atoms with Gasteiger partial charge in [-0.25, -0.2) is 21.6 Å². The van der Waals surface area contributed by atoms with Crippen LogP contribution in [-0.2, 0) is 20.0 Å². The molecule has 30 heavy (non-hydrogen) atoms. The van der Waals surface area contributed by atoms with Gasteiger partial charge in [-0.2, -0.15) is 4.31 Å². The SMILES string of the molecule is CS(=O)(=O)N[C@@H]1CCN(S(=O)(=O)c2cc(Oc3c(Cl)cc(Br)cc3Cl)ccc2O)C1.